The lowest BCUT2D eigenvalue weighted by atomic mass is 9.95. The number of benzene rings is 2. The molecular weight excluding hydrogens is 396 g/mol. The second kappa shape index (κ2) is 8.31. The fourth-order valence-electron chi connectivity index (χ4n) is 3.50. The van der Waals surface area contributed by atoms with Gasteiger partial charge in [-0.3, -0.25) is 14.5 Å². The van der Waals surface area contributed by atoms with Crippen molar-refractivity contribution in [3.63, 3.8) is 0 Å². The molecule has 0 saturated carbocycles. The van der Waals surface area contributed by atoms with Crippen LogP contribution in [0.2, 0.25) is 0 Å². The van der Waals surface area contributed by atoms with Crippen molar-refractivity contribution in [3.05, 3.63) is 95.8 Å². The maximum absolute atomic E-state index is 13.0. The molecule has 31 heavy (non-hydrogen) atoms. The van der Waals surface area contributed by atoms with E-state index in [0.29, 0.717) is 29.2 Å². The highest BCUT2D eigenvalue weighted by molar-refractivity contribution is 6.51. The van der Waals surface area contributed by atoms with Gasteiger partial charge in [-0.05, 0) is 24.6 Å². The number of amides is 1. The van der Waals surface area contributed by atoms with Crippen LogP contribution >= 0.6 is 0 Å². The minimum absolute atomic E-state index is 0.0170. The van der Waals surface area contributed by atoms with E-state index in [1.165, 1.54) is 4.90 Å². The van der Waals surface area contributed by atoms with E-state index >= 15 is 0 Å². The quantitative estimate of drug-likeness (QED) is 0.281. The molecule has 0 aliphatic carbocycles. The Morgan fingerprint density at radius 2 is 1.90 bits per heavy atom. The first-order valence-electron chi connectivity index (χ1n) is 9.64. The first-order valence-corrected chi connectivity index (χ1v) is 9.64. The Balaban J connectivity index is 1.86. The molecule has 1 aliphatic rings. The van der Waals surface area contributed by atoms with Crippen LogP contribution in [-0.2, 0) is 9.59 Å². The van der Waals surface area contributed by atoms with Gasteiger partial charge in [-0.25, -0.2) is 0 Å². The molecule has 0 unspecified atom stereocenters. The van der Waals surface area contributed by atoms with Crippen LogP contribution in [0.3, 0.4) is 0 Å². The lowest BCUT2D eigenvalue weighted by Crippen LogP contribution is -2.29. The van der Waals surface area contributed by atoms with Gasteiger partial charge in [-0.2, -0.15) is 0 Å². The summed E-state index contributed by atoms with van der Waals surface area (Å²) in [5.74, 6) is -0.531. The fourth-order valence-corrected chi connectivity index (χ4v) is 3.50. The second-order valence-electron chi connectivity index (χ2n) is 7.00. The molecule has 0 spiro atoms. The Bertz CT molecular complexity index is 1160. The molecule has 0 radical (unpaired) electrons. The van der Waals surface area contributed by atoms with Crippen molar-refractivity contribution < 1.29 is 24.0 Å². The molecule has 1 fully saturated rings. The predicted molar refractivity (Wildman–Crippen MR) is 115 cm³/mol. The van der Waals surface area contributed by atoms with Gasteiger partial charge in [0.15, 0.2) is 5.82 Å². The molecule has 2 heterocycles. The monoisotopic (exact) mass is 416 g/mol. The van der Waals surface area contributed by atoms with E-state index in [0.717, 1.165) is 0 Å². The number of aliphatic hydroxyl groups is 1. The summed E-state index contributed by atoms with van der Waals surface area (Å²) in [6.45, 7) is 5.66. The zero-order valence-corrected chi connectivity index (χ0v) is 16.8. The third kappa shape index (κ3) is 3.73. The van der Waals surface area contributed by atoms with Gasteiger partial charge in [-0.1, -0.05) is 60.3 Å². The van der Waals surface area contributed by atoms with E-state index in [2.05, 4.69) is 11.7 Å². The molecule has 4 rings (SSSR count). The molecule has 1 atom stereocenters. The van der Waals surface area contributed by atoms with E-state index in [4.69, 9.17) is 9.26 Å². The normalized spacial score (nSPS) is 17.7. The highest BCUT2D eigenvalue weighted by Gasteiger charge is 2.48. The molecule has 156 valence electrons. The summed E-state index contributed by atoms with van der Waals surface area (Å²) in [5.41, 5.74) is 1.03. The van der Waals surface area contributed by atoms with Gasteiger partial charge in [-0.15, -0.1) is 0 Å². The van der Waals surface area contributed by atoms with Crippen molar-refractivity contribution in [2.24, 2.45) is 0 Å². The van der Waals surface area contributed by atoms with Gasteiger partial charge in [0.2, 0.25) is 0 Å². The molecule has 1 aromatic heterocycles. The summed E-state index contributed by atoms with van der Waals surface area (Å²) < 4.78 is 10.6. The van der Waals surface area contributed by atoms with E-state index < -0.39 is 17.7 Å². The third-order valence-corrected chi connectivity index (χ3v) is 4.92. The topological polar surface area (TPSA) is 92.9 Å². The van der Waals surface area contributed by atoms with Crippen LogP contribution in [0.25, 0.3) is 5.76 Å². The standard InChI is InChI=1S/C24H20N2O5/c1-3-13-30-18-11-9-16(10-12-18)21-20(22(27)17-7-5-4-6-8-17)23(28)24(29)26(21)19-14-15(2)31-25-19/h3-12,14,21,27H,1,13H2,2H3/t21-/m0/s1. The van der Waals surface area contributed by atoms with Gasteiger partial charge < -0.3 is 14.4 Å². The number of Topliss-reactive ketones (excluding diaryl/α,β-unsaturated/α-hetero) is 1. The van der Waals surface area contributed by atoms with E-state index in [9.17, 15) is 14.7 Å². The number of carbonyl (C=O) groups is 2. The Hall–Kier alpha value is -4.13. The van der Waals surface area contributed by atoms with Crippen molar-refractivity contribution in [2.45, 2.75) is 13.0 Å². The molecule has 1 amide bonds. The van der Waals surface area contributed by atoms with Gasteiger partial charge in [0.05, 0.1) is 11.6 Å². The number of carbonyl (C=O) groups excluding carboxylic acids is 2. The number of aryl methyl sites for hydroxylation is 1. The lowest BCUT2D eigenvalue weighted by Gasteiger charge is -2.23. The molecule has 1 saturated heterocycles. The van der Waals surface area contributed by atoms with Gasteiger partial charge in [0, 0.05) is 11.6 Å². The van der Waals surface area contributed by atoms with E-state index in [1.54, 1.807) is 73.7 Å². The van der Waals surface area contributed by atoms with E-state index in [1.807, 2.05) is 0 Å². The highest BCUT2D eigenvalue weighted by Crippen LogP contribution is 2.42. The molecule has 1 N–H and O–H groups in total. The zero-order valence-electron chi connectivity index (χ0n) is 16.8. The molecule has 2 aromatic carbocycles. The van der Waals surface area contributed by atoms with Gasteiger partial charge >= 0.3 is 5.91 Å². The van der Waals surface area contributed by atoms with Crippen LogP contribution < -0.4 is 9.64 Å². The summed E-state index contributed by atoms with van der Waals surface area (Å²) in [4.78, 5) is 27.2. The molecule has 1 aliphatic heterocycles. The van der Waals surface area contributed by atoms with Crippen LogP contribution in [0.5, 0.6) is 5.75 Å². The Labute approximate surface area is 178 Å². The van der Waals surface area contributed by atoms with Crippen LogP contribution in [0.1, 0.15) is 22.9 Å². The average Bonchev–Trinajstić information content (AvgIpc) is 3.33. The molecule has 3 aromatic rings. The average molecular weight is 416 g/mol. The zero-order chi connectivity index (χ0) is 22.0. The van der Waals surface area contributed by atoms with Crippen molar-refractivity contribution >= 4 is 23.3 Å². The highest BCUT2D eigenvalue weighted by atomic mass is 16.5. The van der Waals surface area contributed by atoms with Crippen LogP contribution in [-0.4, -0.2) is 28.6 Å². The summed E-state index contributed by atoms with van der Waals surface area (Å²) in [6, 6.07) is 16.3. The van der Waals surface area contributed by atoms with E-state index in [-0.39, 0.29) is 17.2 Å². The molecule has 7 nitrogen and oxygen atoms in total. The second-order valence-corrected chi connectivity index (χ2v) is 7.00. The number of anilines is 1. The Morgan fingerprint density at radius 1 is 1.19 bits per heavy atom. The maximum Gasteiger partial charge on any atom is 0.301 e. The van der Waals surface area contributed by atoms with Gasteiger partial charge in [0.25, 0.3) is 5.78 Å². The number of aromatic nitrogens is 1. The van der Waals surface area contributed by atoms with Crippen molar-refractivity contribution in [3.8, 4) is 5.75 Å². The number of ketones is 1. The smallest absolute Gasteiger partial charge is 0.301 e. The largest absolute Gasteiger partial charge is 0.507 e. The number of hydrogen-bond acceptors (Lipinski definition) is 6. The number of rotatable bonds is 6. The Morgan fingerprint density at radius 3 is 2.52 bits per heavy atom. The number of ether oxygens (including phenoxy) is 1. The number of aliphatic hydroxyl groups excluding tert-OH is 1. The minimum Gasteiger partial charge on any atom is -0.507 e. The summed E-state index contributed by atoms with van der Waals surface area (Å²) >= 11 is 0. The summed E-state index contributed by atoms with van der Waals surface area (Å²) in [6.07, 6.45) is 1.63. The number of hydrogen-bond donors (Lipinski definition) is 1. The third-order valence-electron chi connectivity index (χ3n) is 4.92. The minimum atomic E-state index is -0.877. The lowest BCUT2D eigenvalue weighted by molar-refractivity contribution is -0.132. The van der Waals surface area contributed by atoms with Gasteiger partial charge in [0.1, 0.15) is 23.9 Å². The van der Waals surface area contributed by atoms with Crippen molar-refractivity contribution in [1.29, 1.82) is 0 Å². The first-order chi connectivity index (χ1) is 15.0. The SMILES string of the molecule is C=CCOc1ccc([C@H]2C(=C(O)c3ccccc3)C(=O)C(=O)N2c2cc(C)on2)cc1. The first kappa shape index (κ1) is 20.2. The van der Waals surface area contributed by atoms with Crippen molar-refractivity contribution in [2.75, 3.05) is 11.5 Å². The summed E-state index contributed by atoms with van der Waals surface area (Å²) in [7, 11) is 0. The Kier molecular flexibility index (Phi) is 5.41. The summed E-state index contributed by atoms with van der Waals surface area (Å²) in [5, 5.41) is 14.9. The fraction of sp³-hybridized carbons (Fsp3) is 0.125. The van der Waals surface area contributed by atoms with Crippen LogP contribution in [0.4, 0.5) is 5.82 Å². The number of nitrogens with zero attached hydrogens (tertiary/aromatic N) is 2. The maximum atomic E-state index is 13.0. The molecule has 0 bridgehead atoms. The van der Waals surface area contributed by atoms with Crippen molar-refractivity contribution in [1.82, 2.24) is 5.16 Å². The molecular formula is C24H20N2O5. The van der Waals surface area contributed by atoms with Crippen LogP contribution in [0, 0.1) is 6.92 Å². The molecule has 7 heteroatoms. The predicted octanol–water partition coefficient (Wildman–Crippen LogP) is 4.17. The van der Waals surface area contributed by atoms with Crippen LogP contribution in [0.15, 0.2) is 83.4 Å².